The van der Waals surface area contributed by atoms with Crippen molar-refractivity contribution in [2.75, 3.05) is 7.11 Å². The predicted molar refractivity (Wildman–Crippen MR) is 55.9 cm³/mol. The average Bonchev–Trinajstić information content (AvgIpc) is 2.20. The van der Waals surface area contributed by atoms with Gasteiger partial charge in [0.05, 0.1) is 17.7 Å². The molecular formula is C9H6BrClO3. The third-order valence-corrected chi connectivity index (χ3v) is 2.82. The molecule has 0 radical (unpaired) electrons. The zero-order valence-electron chi connectivity index (χ0n) is 7.21. The molecule has 0 spiro atoms. The van der Waals surface area contributed by atoms with Gasteiger partial charge in [-0.3, -0.25) is 4.79 Å². The molecule has 0 aromatic heterocycles. The van der Waals surface area contributed by atoms with Crippen molar-refractivity contribution in [3.05, 3.63) is 32.8 Å². The molecule has 0 aliphatic carbocycles. The van der Waals surface area contributed by atoms with E-state index in [1.165, 1.54) is 19.2 Å². The van der Waals surface area contributed by atoms with E-state index in [4.69, 9.17) is 11.6 Å². The minimum absolute atomic E-state index is 0.163. The second-order valence-electron chi connectivity index (χ2n) is 2.46. The topological polar surface area (TPSA) is 43.4 Å². The Morgan fingerprint density at radius 3 is 2.71 bits per heavy atom. The summed E-state index contributed by atoms with van der Waals surface area (Å²) >= 11 is 8.92. The molecule has 1 aromatic rings. The maximum absolute atomic E-state index is 11.2. The molecule has 1 aromatic carbocycles. The highest BCUT2D eigenvalue weighted by molar-refractivity contribution is 9.10. The van der Waals surface area contributed by atoms with E-state index < -0.39 is 5.97 Å². The van der Waals surface area contributed by atoms with Gasteiger partial charge in [0.15, 0.2) is 6.29 Å². The summed E-state index contributed by atoms with van der Waals surface area (Å²) in [5, 5.41) is 0.357. The van der Waals surface area contributed by atoms with Crippen molar-refractivity contribution in [2.45, 2.75) is 0 Å². The van der Waals surface area contributed by atoms with Crippen molar-refractivity contribution in [1.82, 2.24) is 0 Å². The Hall–Kier alpha value is -0.870. The van der Waals surface area contributed by atoms with Crippen LogP contribution in [0.25, 0.3) is 0 Å². The molecule has 0 bridgehead atoms. The zero-order chi connectivity index (χ0) is 10.7. The lowest BCUT2D eigenvalue weighted by atomic mass is 10.1. The van der Waals surface area contributed by atoms with Crippen LogP contribution in [0.2, 0.25) is 5.02 Å². The number of aldehydes is 1. The van der Waals surface area contributed by atoms with Crippen molar-refractivity contribution in [3.63, 3.8) is 0 Å². The van der Waals surface area contributed by atoms with Gasteiger partial charge in [-0.25, -0.2) is 4.79 Å². The molecule has 0 amide bonds. The molecule has 74 valence electrons. The molecule has 14 heavy (non-hydrogen) atoms. The molecule has 0 aliphatic rings. The number of esters is 1. The Balaban J connectivity index is 3.34. The molecule has 3 nitrogen and oxygen atoms in total. The van der Waals surface area contributed by atoms with Crippen LogP contribution >= 0.6 is 27.5 Å². The molecular weight excluding hydrogens is 271 g/mol. The highest BCUT2D eigenvalue weighted by Crippen LogP contribution is 2.26. The van der Waals surface area contributed by atoms with Crippen LogP contribution in [-0.4, -0.2) is 19.4 Å². The van der Waals surface area contributed by atoms with Gasteiger partial charge in [0.25, 0.3) is 0 Å². The Morgan fingerprint density at radius 1 is 1.57 bits per heavy atom. The van der Waals surface area contributed by atoms with Crippen LogP contribution in [0.15, 0.2) is 16.6 Å². The number of methoxy groups -OCH3 is 1. The molecule has 0 aliphatic heterocycles. The SMILES string of the molecule is COC(=O)c1cc(Cl)c(Br)cc1C=O. The third kappa shape index (κ3) is 2.13. The van der Waals surface area contributed by atoms with Crippen LogP contribution in [0.1, 0.15) is 20.7 Å². The Bertz CT molecular complexity index is 390. The first-order valence-electron chi connectivity index (χ1n) is 3.62. The van der Waals surface area contributed by atoms with Gasteiger partial charge in [0, 0.05) is 10.0 Å². The third-order valence-electron chi connectivity index (χ3n) is 1.62. The lowest BCUT2D eigenvalue weighted by Crippen LogP contribution is -2.05. The van der Waals surface area contributed by atoms with Gasteiger partial charge < -0.3 is 4.74 Å². The maximum atomic E-state index is 11.2. The summed E-state index contributed by atoms with van der Waals surface area (Å²) in [5.41, 5.74) is 0.406. The van der Waals surface area contributed by atoms with E-state index in [2.05, 4.69) is 20.7 Å². The first-order valence-corrected chi connectivity index (χ1v) is 4.79. The predicted octanol–water partition coefficient (Wildman–Crippen LogP) is 2.70. The first kappa shape index (κ1) is 11.2. The van der Waals surface area contributed by atoms with Gasteiger partial charge in [0.1, 0.15) is 0 Å². The Kier molecular flexibility index (Phi) is 3.66. The summed E-state index contributed by atoms with van der Waals surface area (Å²) in [6.07, 6.45) is 0.577. The van der Waals surface area contributed by atoms with Crippen molar-refractivity contribution in [2.24, 2.45) is 0 Å². The second-order valence-corrected chi connectivity index (χ2v) is 3.72. The van der Waals surface area contributed by atoms with Crippen molar-refractivity contribution >= 4 is 39.8 Å². The molecule has 0 saturated carbocycles. The molecule has 1 rings (SSSR count). The number of hydrogen-bond donors (Lipinski definition) is 0. The molecule has 0 heterocycles. The van der Waals surface area contributed by atoms with Gasteiger partial charge in [-0.05, 0) is 28.1 Å². The van der Waals surface area contributed by atoms with Gasteiger partial charge >= 0.3 is 5.97 Å². The van der Waals surface area contributed by atoms with Crippen LogP contribution in [0, 0.1) is 0 Å². The van der Waals surface area contributed by atoms with Crippen LogP contribution in [-0.2, 0) is 4.74 Å². The second kappa shape index (κ2) is 4.57. The van der Waals surface area contributed by atoms with Gasteiger partial charge in [-0.1, -0.05) is 11.6 Å². The van der Waals surface area contributed by atoms with Crippen molar-refractivity contribution in [1.29, 1.82) is 0 Å². The lowest BCUT2D eigenvalue weighted by Gasteiger charge is -2.04. The molecule has 0 atom stereocenters. The lowest BCUT2D eigenvalue weighted by molar-refractivity contribution is 0.0598. The number of rotatable bonds is 2. The highest BCUT2D eigenvalue weighted by atomic mass is 79.9. The Labute approximate surface area is 94.1 Å². The summed E-state index contributed by atoms with van der Waals surface area (Å²) in [6.45, 7) is 0. The smallest absolute Gasteiger partial charge is 0.338 e. The number of halogens is 2. The van der Waals surface area contributed by atoms with Gasteiger partial charge in [-0.15, -0.1) is 0 Å². The number of hydrogen-bond acceptors (Lipinski definition) is 3. The maximum Gasteiger partial charge on any atom is 0.338 e. The van der Waals surface area contributed by atoms with Crippen LogP contribution in [0.3, 0.4) is 0 Å². The van der Waals surface area contributed by atoms with Gasteiger partial charge in [0.2, 0.25) is 0 Å². The first-order chi connectivity index (χ1) is 6.60. The molecule has 0 unspecified atom stereocenters. The fourth-order valence-corrected chi connectivity index (χ4v) is 1.47. The summed E-state index contributed by atoms with van der Waals surface area (Å²) < 4.78 is 5.07. The number of ether oxygens (including phenoxy) is 1. The largest absolute Gasteiger partial charge is 0.465 e. The van der Waals surface area contributed by atoms with E-state index in [0.29, 0.717) is 15.8 Å². The number of carbonyl (C=O) groups is 2. The fourth-order valence-electron chi connectivity index (χ4n) is 0.946. The molecule has 5 heteroatoms. The quantitative estimate of drug-likeness (QED) is 0.616. The van der Waals surface area contributed by atoms with Crippen LogP contribution < -0.4 is 0 Å². The van der Waals surface area contributed by atoms with E-state index in [1.807, 2.05) is 0 Å². The summed E-state index contributed by atoms with van der Waals surface area (Å²) in [4.78, 5) is 21.8. The molecule has 0 fully saturated rings. The number of benzene rings is 1. The fraction of sp³-hybridized carbons (Fsp3) is 0.111. The van der Waals surface area contributed by atoms with E-state index in [-0.39, 0.29) is 11.1 Å². The van der Waals surface area contributed by atoms with E-state index in [0.717, 1.165) is 0 Å². The normalized spacial score (nSPS) is 9.64. The monoisotopic (exact) mass is 276 g/mol. The summed E-state index contributed by atoms with van der Waals surface area (Å²) in [5.74, 6) is -0.582. The van der Waals surface area contributed by atoms with Crippen LogP contribution in [0.4, 0.5) is 0 Å². The van der Waals surface area contributed by atoms with Gasteiger partial charge in [-0.2, -0.15) is 0 Å². The average molecular weight is 278 g/mol. The summed E-state index contributed by atoms with van der Waals surface area (Å²) in [6, 6.07) is 2.86. The molecule has 0 N–H and O–H groups in total. The summed E-state index contributed by atoms with van der Waals surface area (Å²) in [7, 11) is 1.24. The Morgan fingerprint density at radius 2 is 2.21 bits per heavy atom. The number of carbonyl (C=O) groups excluding carboxylic acids is 2. The molecule has 0 saturated heterocycles. The highest BCUT2D eigenvalue weighted by Gasteiger charge is 2.13. The van der Waals surface area contributed by atoms with E-state index in [1.54, 1.807) is 0 Å². The standard InChI is InChI=1S/C9H6BrClO3/c1-14-9(13)6-3-8(11)7(10)2-5(6)4-12/h2-4H,1H3. The van der Waals surface area contributed by atoms with Crippen molar-refractivity contribution in [3.8, 4) is 0 Å². The van der Waals surface area contributed by atoms with Crippen molar-refractivity contribution < 1.29 is 14.3 Å². The zero-order valence-corrected chi connectivity index (χ0v) is 9.55. The van der Waals surface area contributed by atoms with E-state index >= 15 is 0 Å². The minimum Gasteiger partial charge on any atom is -0.465 e. The van der Waals surface area contributed by atoms with Crippen LogP contribution in [0.5, 0.6) is 0 Å². The minimum atomic E-state index is -0.582. The van der Waals surface area contributed by atoms with E-state index in [9.17, 15) is 9.59 Å².